The van der Waals surface area contributed by atoms with Gasteiger partial charge in [-0.2, -0.15) is 0 Å². The third kappa shape index (κ3) is 3.81. The molecule has 1 aliphatic rings. The highest BCUT2D eigenvalue weighted by atomic mass is 16.5. The second-order valence-electron chi connectivity index (χ2n) is 5.73. The van der Waals surface area contributed by atoms with E-state index in [0.29, 0.717) is 6.54 Å². The van der Waals surface area contributed by atoms with Crippen molar-refractivity contribution in [3.05, 3.63) is 54.1 Å². The summed E-state index contributed by atoms with van der Waals surface area (Å²) in [4.78, 5) is 13.6. The zero-order valence-electron chi connectivity index (χ0n) is 13.0. The van der Waals surface area contributed by atoms with Crippen LogP contribution in [-0.4, -0.2) is 36.8 Å². The van der Waals surface area contributed by atoms with Crippen molar-refractivity contribution in [2.24, 2.45) is 0 Å². The Kier molecular flexibility index (Phi) is 4.48. The summed E-state index contributed by atoms with van der Waals surface area (Å²) in [6, 6.07) is 15.3. The van der Waals surface area contributed by atoms with Crippen molar-refractivity contribution in [2.75, 3.05) is 29.9 Å². The minimum Gasteiger partial charge on any atom is -0.491 e. The van der Waals surface area contributed by atoms with Gasteiger partial charge in [-0.15, -0.1) is 0 Å². The Hall–Kier alpha value is -2.53. The lowest BCUT2D eigenvalue weighted by Gasteiger charge is -2.32. The first-order valence-electron chi connectivity index (χ1n) is 7.63. The standard InChI is InChI=1S/C18H20N2O3/c1-13-5-4-6-15(9-13)23-12-14(21)10-20-11-18(22)19-16-7-2-3-8-17(16)20/h2-9,14,21H,10-12H2,1H3,(H,19,22)/t14-/m0/s1. The smallest absolute Gasteiger partial charge is 0.243 e. The first-order valence-corrected chi connectivity index (χ1v) is 7.63. The Bertz CT molecular complexity index is 702. The molecule has 2 aromatic carbocycles. The number of β-amino-alcohol motifs (C(OH)–C–C–N with tert-alkyl or cyclic N) is 1. The number of hydrogen-bond donors (Lipinski definition) is 2. The van der Waals surface area contributed by atoms with E-state index < -0.39 is 6.10 Å². The van der Waals surface area contributed by atoms with E-state index in [-0.39, 0.29) is 19.1 Å². The largest absolute Gasteiger partial charge is 0.491 e. The summed E-state index contributed by atoms with van der Waals surface area (Å²) in [7, 11) is 0. The van der Waals surface area contributed by atoms with Crippen LogP contribution in [0.15, 0.2) is 48.5 Å². The lowest BCUT2D eigenvalue weighted by molar-refractivity contribution is -0.115. The third-order valence-corrected chi connectivity index (χ3v) is 3.72. The molecule has 0 aromatic heterocycles. The van der Waals surface area contributed by atoms with Crippen LogP contribution in [0.1, 0.15) is 5.56 Å². The molecule has 0 unspecified atom stereocenters. The van der Waals surface area contributed by atoms with Crippen LogP contribution in [-0.2, 0) is 4.79 Å². The number of benzene rings is 2. The van der Waals surface area contributed by atoms with E-state index in [0.717, 1.165) is 22.7 Å². The second-order valence-corrected chi connectivity index (χ2v) is 5.73. The van der Waals surface area contributed by atoms with Crippen LogP contribution < -0.4 is 15.0 Å². The minimum atomic E-state index is -0.686. The molecule has 120 valence electrons. The summed E-state index contributed by atoms with van der Waals surface area (Å²) >= 11 is 0. The van der Waals surface area contributed by atoms with E-state index in [9.17, 15) is 9.90 Å². The van der Waals surface area contributed by atoms with Crippen molar-refractivity contribution in [3.8, 4) is 5.75 Å². The van der Waals surface area contributed by atoms with Gasteiger partial charge >= 0.3 is 0 Å². The van der Waals surface area contributed by atoms with Crippen LogP contribution >= 0.6 is 0 Å². The van der Waals surface area contributed by atoms with Gasteiger partial charge in [-0.05, 0) is 36.8 Å². The zero-order chi connectivity index (χ0) is 16.2. The third-order valence-electron chi connectivity index (χ3n) is 3.72. The molecule has 0 saturated carbocycles. The van der Waals surface area contributed by atoms with Crippen LogP contribution in [0, 0.1) is 6.92 Å². The molecule has 1 heterocycles. The number of aryl methyl sites for hydroxylation is 1. The summed E-state index contributed by atoms with van der Waals surface area (Å²) < 4.78 is 5.63. The molecule has 1 aliphatic heterocycles. The van der Waals surface area contributed by atoms with Gasteiger partial charge in [0.05, 0.1) is 17.9 Å². The molecule has 1 amide bonds. The van der Waals surface area contributed by atoms with Gasteiger partial charge in [-0.25, -0.2) is 0 Å². The Morgan fingerprint density at radius 1 is 1.26 bits per heavy atom. The fourth-order valence-electron chi connectivity index (χ4n) is 2.67. The normalized spacial score (nSPS) is 14.9. The average molecular weight is 312 g/mol. The van der Waals surface area contributed by atoms with E-state index in [2.05, 4.69) is 5.32 Å². The molecule has 5 heteroatoms. The fraction of sp³-hybridized carbons (Fsp3) is 0.278. The highest BCUT2D eigenvalue weighted by Gasteiger charge is 2.23. The van der Waals surface area contributed by atoms with Crippen LogP contribution in [0.25, 0.3) is 0 Å². The number of fused-ring (bicyclic) bond motifs is 1. The monoisotopic (exact) mass is 312 g/mol. The molecule has 0 saturated heterocycles. The number of aliphatic hydroxyl groups is 1. The number of carbonyl (C=O) groups is 1. The van der Waals surface area contributed by atoms with Crippen molar-refractivity contribution < 1.29 is 14.6 Å². The molecule has 5 nitrogen and oxygen atoms in total. The van der Waals surface area contributed by atoms with Gasteiger partial charge in [0.1, 0.15) is 18.5 Å². The van der Waals surface area contributed by atoms with Gasteiger partial charge in [0.25, 0.3) is 0 Å². The molecule has 1 atom stereocenters. The molecule has 3 rings (SSSR count). The molecule has 0 radical (unpaired) electrons. The summed E-state index contributed by atoms with van der Waals surface area (Å²) in [5.41, 5.74) is 2.80. The molecule has 0 aliphatic carbocycles. The van der Waals surface area contributed by atoms with E-state index in [1.54, 1.807) is 0 Å². The number of rotatable bonds is 5. The lowest BCUT2D eigenvalue weighted by atomic mass is 10.2. The minimum absolute atomic E-state index is 0.0736. The number of anilines is 2. The number of carbonyl (C=O) groups excluding carboxylic acids is 1. The molecule has 2 N–H and O–H groups in total. The summed E-state index contributed by atoms with van der Waals surface area (Å²) in [6.45, 7) is 2.76. The molecule has 2 aromatic rings. The average Bonchev–Trinajstić information content (AvgIpc) is 2.53. The first kappa shape index (κ1) is 15.4. The molecular formula is C18H20N2O3. The molecular weight excluding hydrogens is 292 g/mol. The molecule has 0 spiro atoms. The van der Waals surface area contributed by atoms with Gasteiger partial charge < -0.3 is 20.1 Å². The molecule has 0 bridgehead atoms. The Balaban J connectivity index is 1.61. The second kappa shape index (κ2) is 6.71. The van der Waals surface area contributed by atoms with Crippen molar-refractivity contribution in [3.63, 3.8) is 0 Å². The van der Waals surface area contributed by atoms with Crippen molar-refractivity contribution in [2.45, 2.75) is 13.0 Å². The molecule has 0 fully saturated rings. The number of hydrogen-bond acceptors (Lipinski definition) is 4. The Labute approximate surface area is 135 Å². The highest BCUT2D eigenvalue weighted by molar-refractivity contribution is 6.01. The number of aliphatic hydroxyl groups excluding tert-OH is 1. The van der Waals surface area contributed by atoms with Gasteiger partial charge in [-0.3, -0.25) is 4.79 Å². The number of nitrogens with one attached hydrogen (secondary N) is 1. The van der Waals surface area contributed by atoms with Gasteiger partial charge in [0, 0.05) is 6.54 Å². The van der Waals surface area contributed by atoms with E-state index >= 15 is 0 Å². The quantitative estimate of drug-likeness (QED) is 0.888. The summed E-state index contributed by atoms with van der Waals surface area (Å²) in [5.74, 6) is 0.663. The number of ether oxygens (including phenoxy) is 1. The van der Waals surface area contributed by atoms with E-state index in [1.807, 2.05) is 60.4 Å². The topological polar surface area (TPSA) is 61.8 Å². The van der Waals surface area contributed by atoms with Gasteiger partial charge in [0.15, 0.2) is 0 Å². The summed E-state index contributed by atoms with van der Waals surface area (Å²) in [6.07, 6.45) is -0.686. The van der Waals surface area contributed by atoms with Crippen molar-refractivity contribution in [1.29, 1.82) is 0 Å². The fourth-order valence-corrected chi connectivity index (χ4v) is 2.67. The van der Waals surface area contributed by atoms with Crippen LogP contribution in [0.3, 0.4) is 0 Å². The maximum Gasteiger partial charge on any atom is 0.243 e. The Morgan fingerprint density at radius 2 is 2.09 bits per heavy atom. The number of para-hydroxylation sites is 2. The summed E-state index contributed by atoms with van der Waals surface area (Å²) in [5, 5.41) is 13.1. The number of nitrogens with zero attached hydrogens (tertiary/aromatic N) is 1. The zero-order valence-corrected chi connectivity index (χ0v) is 13.0. The predicted molar refractivity (Wildman–Crippen MR) is 90.0 cm³/mol. The SMILES string of the molecule is Cc1cccc(OC[C@@H](O)CN2CC(=O)Nc3ccccc32)c1. The van der Waals surface area contributed by atoms with E-state index in [1.165, 1.54) is 0 Å². The number of amides is 1. The highest BCUT2D eigenvalue weighted by Crippen LogP contribution is 2.28. The van der Waals surface area contributed by atoms with Crippen molar-refractivity contribution >= 4 is 17.3 Å². The van der Waals surface area contributed by atoms with Gasteiger partial charge in [-0.1, -0.05) is 24.3 Å². The van der Waals surface area contributed by atoms with Crippen LogP contribution in [0.4, 0.5) is 11.4 Å². The van der Waals surface area contributed by atoms with Crippen LogP contribution in [0.2, 0.25) is 0 Å². The van der Waals surface area contributed by atoms with Gasteiger partial charge in [0.2, 0.25) is 5.91 Å². The Morgan fingerprint density at radius 3 is 2.91 bits per heavy atom. The van der Waals surface area contributed by atoms with Crippen molar-refractivity contribution in [1.82, 2.24) is 0 Å². The maximum atomic E-state index is 11.8. The maximum absolute atomic E-state index is 11.8. The van der Waals surface area contributed by atoms with Crippen LogP contribution in [0.5, 0.6) is 5.75 Å². The first-order chi connectivity index (χ1) is 11.1. The lowest BCUT2D eigenvalue weighted by Crippen LogP contribution is -2.43. The van der Waals surface area contributed by atoms with E-state index in [4.69, 9.17) is 4.74 Å². The molecule has 23 heavy (non-hydrogen) atoms. The predicted octanol–water partition coefficient (Wildman–Crippen LogP) is 2.19.